The number of nitrogens with zero attached hydrogens (tertiary/aromatic N) is 3. The highest BCUT2D eigenvalue weighted by molar-refractivity contribution is 7.86. The highest BCUT2D eigenvalue weighted by Gasteiger charge is 2.96. The molecule has 0 N–H and O–H groups in total. The third kappa shape index (κ3) is 5.34. The number of fused-ring (bicyclic) bond motifs is 3. The van der Waals surface area contributed by atoms with Crippen molar-refractivity contribution in [3.63, 3.8) is 0 Å². The molecule has 1 spiro atoms. The Bertz CT molecular complexity index is 2180. The monoisotopic (exact) mass is 693 g/mol. The van der Waals surface area contributed by atoms with E-state index < -0.39 is 10.1 Å². The van der Waals surface area contributed by atoms with Gasteiger partial charge in [0.15, 0.2) is 0 Å². The smallest absolute Gasteiger partial charge is 0.296 e. The summed E-state index contributed by atoms with van der Waals surface area (Å²) in [6.45, 7) is 4.39. The van der Waals surface area contributed by atoms with Crippen LogP contribution in [0.25, 0.3) is 32.9 Å². The van der Waals surface area contributed by atoms with Crippen molar-refractivity contribution in [3.8, 4) is 17.0 Å². The summed E-state index contributed by atoms with van der Waals surface area (Å²) >= 11 is 0. The molecule has 0 aliphatic heterocycles. The van der Waals surface area contributed by atoms with Crippen LogP contribution in [0, 0.1) is 23.2 Å². The molecule has 10 heteroatoms. The third-order valence-corrected chi connectivity index (χ3v) is 13.5. The van der Waals surface area contributed by atoms with Crippen molar-refractivity contribution in [1.82, 2.24) is 14.5 Å². The SMILES string of the molecule is Cc1ccc(S(=O)(=O)OCCCCOCC23CC4(COC5CC(Oc6ccc(-c7ccc8c9cnccc9n(C)c8c7)cn6)C5)CC24C3)cc1. The summed E-state index contributed by atoms with van der Waals surface area (Å²) in [5.74, 6) is 0.662. The van der Waals surface area contributed by atoms with E-state index in [1.54, 1.807) is 24.3 Å². The number of aryl methyl sites for hydroxylation is 2. The Balaban J connectivity index is 0.672. The minimum atomic E-state index is -3.70. The van der Waals surface area contributed by atoms with Gasteiger partial charge in [0, 0.05) is 83.8 Å². The van der Waals surface area contributed by atoms with Gasteiger partial charge in [-0.05, 0) is 80.3 Å². The van der Waals surface area contributed by atoms with E-state index in [1.165, 1.54) is 41.1 Å². The first-order chi connectivity index (χ1) is 24.2. The standard InChI is InChI=1S/C40H43N3O6S/c1-27-5-9-32(10-6-27)50(44,45)48-16-4-3-15-46-25-38-22-39(24-40(38,39)23-38)26-47-30-18-31(19-30)49-37-12-8-29(20-42-37)28-7-11-33-34-21-41-14-13-35(34)43(2)36(33)17-28/h5-14,17,20-21,30-31H,3-4,15-16,18-19,22-26H2,1-2H3. The van der Waals surface area contributed by atoms with Gasteiger partial charge < -0.3 is 18.8 Å². The van der Waals surface area contributed by atoms with Gasteiger partial charge in [-0.1, -0.05) is 29.8 Å². The van der Waals surface area contributed by atoms with E-state index in [0.717, 1.165) is 49.2 Å². The lowest BCUT2D eigenvalue weighted by Gasteiger charge is -2.39. The van der Waals surface area contributed by atoms with Gasteiger partial charge in [0.1, 0.15) is 6.10 Å². The van der Waals surface area contributed by atoms with Gasteiger partial charge >= 0.3 is 0 Å². The third-order valence-electron chi connectivity index (χ3n) is 12.2. The molecule has 3 unspecified atom stereocenters. The number of ether oxygens (including phenoxy) is 3. The molecule has 4 aliphatic rings. The fraction of sp³-hybridized carbons (Fsp3) is 0.450. The Kier molecular flexibility index (Phi) is 7.62. The minimum Gasteiger partial charge on any atom is -0.474 e. The number of hydrogen-bond donors (Lipinski definition) is 0. The van der Waals surface area contributed by atoms with Crippen LogP contribution in [0.3, 0.4) is 0 Å². The summed E-state index contributed by atoms with van der Waals surface area (Å²) < 4.78 is 50.7. The van der Waals surface area contributed by atoms with E-state index in [0.29, 0.717) is 35.2 Å². The van der Waals surface area contributed by atoms with Crippen molar-refractivity contribution >= 4 is 31.9 Å². The van der Waals surface area contributed by atoms with E-state index in [-0.39, 0.29) is 23.7 Å². The number of rotatable bonds is 15. The Morgan fingerprint density at radius 3 is 2.38 bits per heavy atom. The Hall–Kier alpha value is -3.83. The lowest BCUT2D eigenvalue weighted by Crippen LogP contribution is -2.42. The molecule has 0 radical (unpaired) electrons. The molecule has 4 saturated carbocycles. The van der Waals surface area contributed by atoms with Crippen molar-refractivity contribution in [3.05, 3.63) is 84.8 Å². The molecule has 4 fully saturated rings. The molecule has 260 valence electrons. The lowest BCUT2D eigenvalue weighted by molar-refractivity contribution is -0.0939. The fourth-order valence-corrected chi connectivity index (χ4v) is 10.1. The summed E-state index contributed by atoms with van der Waals surface area (Å²) in [4.78, 5) is 9.14. The second kappa shape index (κ2) is 11.9. The lowest BCUT2D eigenvalue weighted by atomic mass is 9.75. The van der Waals surface area contributed by atoms with Crippen LogP contribution in [0.4, 0.5) is 0 Å². The molecule has 50 heavy (non-hydrogen) atoms. The maximum absolute atomic E-state index is 12.3. The van der Waals surface area contributed by atoms with E-state index in [9.17, 15) is 8.42 Å². The van der Waals surface area contributed by atoms with Gasteiger partial charge in [0.25, 0.3) is 10.1 Å². The van der Waals surface area contributed by atoms with Crippen molar-refractivity contribution < 1.29 is 26.8 Å². The second-order valence-electron chi connectivity index (χ2n) is 15.2. The number of unbranched alkanes of at least 4 members (excludes halogenated alkanes) is 1. The van der Waals surface area contributed by atoms with Crippen LogP contribution in [0.2, 0.25) is 0 Å². The van der Waals surface area contributed by atoms with Crippen LogP contribution in [0.5, 0.6) is 5.88 Å². The topological polar surface area (TPSA) is 102 Å². The second-order valence-corrected chi connectivity index (χ2v) is 16.9. The Morgan fingerprint density at radius 1 is 0.820 bits per heavy atom. The van der Waals surface area contributed by atoms with E-state index in [2.05, 4.69) is 51.9 Å². The molecule has 0 bridgehead atoms. The van der Waals surface area contributed by atoms with Crippen molar-refractivity contribution in [2.75, 3.05) is 26.4 Å². The normalized spacial score (nSPS) is 27.7. The molecule has 5 aromatic rings. The average molecular weight is 694 g/mol. The van der Waals surface area contributed by atoms with Gasteiger partial charge in [-0.15, -0.1) is 0 Å². The zero-order chi connectivity index (χ0) is 34.1. The summed E-state index contributed by atoms with van der Waals surface area (Å²) in [6.07, 6.45) is 13.0. The molecule has 4 aliphatic carbocycles. The van der Waals surface area contributed by atoms with Gasteiger partial charge in [0.2, 0.25) is 5.88 Å². The van der Waals surface area contributed by atoms with Crippen molar-refractivity contribution in [2.45, 2.75) is 69.0 Å². The predicted octanol–water partition coefficient (Wildman–Crippen LogP) is 7.40. The molecule has 9 rings (SSSR count). The van der Waals surface area contributed by atoms with Crippen LogP contribution in [-0.2, 0) is 30.8 Å². The first-order valence-electron chi connectivity index (χ1n) is 17.8. The summed E-state index contributed by atoms with van der Waals surface area (Å²) in [7, 11) is -1.61. The molecule has 3 atom stereocenters. The van der Waals surface area contributed by atoms with E-state index >= 15 is 0 Å². The van der Waals surface area contributed by atoms with Gasteiger partial charge in [0.05, 0.1) is 36.3 Å². The Labute approximate surface area is 293 Å². The highest BCUT2D eigenvalue weighted by atomic mass is 32.2. The average Bonchev–Trinajstić information content (AvgIpc) is 3.80. The predicted molar refractivity (Wildman–Crippen MR) is 190 cm³/mol. The highest BCUT2D eigenvalue weighted by Crippen LogP contribution is 3.00. The molecule has 3 aromatic heterocycles. The first-order valence-corrected chi connectivity index (χ1v) is 19.2. The van der Waals surface area contributed by atoms with Gasteiger partial charge in [-0.2, -0.15) is 8.42 Å². The minimum absolute atomic E-state index is 0.146. The Morgan fingerprint density at radius 2 is 1.60 bits per heavy atom. The molecular formula is C40H43N3O6S. The zero-order valence-corrected chi connectivity index (χ0v) is 29.5. The quantitative estimate of drug-likeness (QED) is 0.0827. The summed E-state index contributed by atoms with van der Waals surface area (Å²) in [5.41, 5.74) is 6.72. The van der Waals surface area contributed by atoms with Gasteiger partial charge in [-0.25, -0.2) is 4.98 Å². The maximum Gasteiger partial charge on any atom is 0.296 e. The summed E-state index contributed by atoms with van der Waals surface area (Å²) in [5, 5.41) is 2.37. The molecule has 0 saturated heterocycles. The van der Waals surface area contributed by atoms with Crippen molar-refractivity contribution in [1.29, 1.82) is 0 Å². The van der Waals surface area contributed by atoms with Gasteiger partial charge in [-0.3, -0.25) is 9.17 Å². The van der Waals surface area contributed by atoms with Crippen LogP contribution >= 0.6 is 0 Å². The molecule has 0 amide bonds. The van der Waals surface area contributed by atoms with Crippen LogP contribution < -0.4 is 4.74 Å². The van der Waals surface area contributed by atoms with Crippen LogP contribution in [0.15, 0.2) is 84.1 Å². The van der Waals surface area contributed by atoms with E-state index in [1.807, 2.05) is 31.6 Å². The van der Waals surface area contributed by atoms with Crippen LogP contribution in [0.1, 0.15) is 50.5 Å². The molecular weight excluding hydrogens is 651 g/mol. The zero-order valence-electron chi connectivity index (χ0n) is 28.6. The fourth-order valence-electron chi connectivity index (χ4n) is 9.12. The molecule has 3 heterocycles. The molecule has 9 nitrogen and oxygen atoms in total. The van der Waals surface area contributed by atoms with Crippen molar-refractivity contribution in [2.24, 2.45) is 23.3 Å². The molecule has 2 aromatic carbocycles. The van der Waals surface area contributed by atoms with Crippen LogP contribution in [-0.4, -0.2) is 61.6 Å². The summed E-state index contributed by atoms with van der Waals surface area (Å²) in [6, 6.07) is 19.4. The first kappa shape index (κ1) is 32.1. The number of hydrogen-bond acceptors (Lipinski definition) is 8. The van der Waals surface area contributed by atoms with E-state index in [4.69, 9.17) is 18.4 Å². The number of aromatic nitrogens is 3. The number of benzene rings is 2. The number of pyridine rings is 2. The maximum atomic E-state index is 12.3. The largest absolute Gasteiger partial charge is 0.474 e.